The average molecular weight is 383 g/mol. The maximum Gasteiger partial charge on any atom is 0.282 e. The minimum absolute atomic E-state index is 0.0388. The summed E-state index contributed by atoms with van der Waals surface area (Å²) in [6.45, 7) is 9.90. The van der Waals surface area contributed by atoms with Crippen LogP contribution in [0.25, 0.3) is 0 Å². The first-order valence-electron chi connectivity index (χ1n) is 9.92. The normalized spacial score (nSPS) is 13.1. The summed E-state index contributed by atoms with van der Waals surface area (Å²) >= 11 is 0. The van der Waals surface area contributed by atoms with Gasteiger partial charge in [0.1, 0.15) is 6.04 Å². The van der Waals surface area contributed by atoms with E-state index in [4.69, 9.17) is 0 Å². The lowest BCUT2D eigenvalue weighted by Crippen LogP contribution is -2.93. The zero-order chi connectivity index (χ0) is 20.7. The van der Waals surface area contributed by atoms with Gasteiger partial charge in [0.05, 0.1) is 0 Å². The van der Waals surface area contributed by atoms with Gasteiger partial charge in [0, 0.05) is 29.8 Å². The highest BCUT2D eigenvalue weighted by atomic mass is 16.2. The molecule has 0 aliphatic carbocycles. The predicted octanol–water partition coefficient (Wildman–Crippen LogP) is 3.50. The van der Waals surface area contributed by atoms with Gasteiger partial charge < -0.3 is 16.0 Å². The SMILES string of the molecule is CCc1ccc([C@H]([NH2+][C@H](C)C(=O)Nc2ccc(NC(C)=O)cc2)C(C)C)cc1. The number of carbonyl (C=O) groups excluding carboxylic acids is 2. The van der Waals surface area contributed by atoms with Gasteiger partial charge in [0.2, 0.25) is 5.91 Å². The second-order valence-corrected chi connectivity index (χ2v) is 7.59. The monoisotopic (exact) mass is 382 g/mol. The van der Waals surface area contributed by atoms with Gasteiger partial charge in [-0.3, -0.25) is 9.59 Å². The smallest absolute Gasteiger partial charge is 0.282 e. The van der Waals surface area contributed by atoms with Gasteiger partial charge in [0.25, 0.3) is 5.91 Å². The molecule has 4 N–H and O–H groups in total. The molecule has 2 atom stereocenters. The van der Waals surface area contributed by atoms with E-state index >= 15 is 0 Å². The van der Waals surface area contributed by atoms with Crippen LogP contribution in [0.3, 0.4) is 0 Å². The number of nitrogens with one attached hydrogen (secondary N) is 2. The van der Waals surface area contributed by atoms with Crippen LogP contribution in [-0.2, 0) is 16.0 Å². The van der Waals surface area contributed by atoms with Crippen LogP contribution in [-0.4, -0.2) is 17.9 Å². The van der Waals surface area contributed by atoms with Crippen LogP contribution >= 0.6 is 0 Å². The van der Waals surface area contributed by atoms with Crippen LogP contribution in [0.2, 0.25) is 0 Å². The first-order chi connectivity index (χ1) is 13.3. The Balaban J connectivity index is 2.01. The molecule has 0 bridgehead atoms. The number of rotatable bonds is 8. The van der Waals surface area contributed by atoms with Crippen LogP contribution < -0.4 is 16.0 Å². The second kappa shape index (κ2) is 10.0. The van der Waals surface area contributed by atoms with E-state index in [0.29, 0.717) is 17.3 Å². The number of hydrogen-bond donors (Lipinski definition) is 3. The lowest BCUT2D eigenvalue weighted by molar-refractivity contribution is -0.718. The zero-order valence-corrected chi connectivity index (χ0v) is 17.5. The van der Waals surface area contributed by atoms with Gasteiger partial charge in [-0.2, -0.15) is 0 Å². The van der Waals surface area contributed by atoms with Crippen molar-refractivity contribution in [3.05, 3.63) is 59.7 Å². The quantitative estimate of drug-likeness (QED) is 0.654. The third kappa shape index (κ3) is 6.20. The molecule has 0 saturated heterocycles. The standard InChI is InChI=1S/C23H31N3O2/c1-6-18-7-9-19(10-8-18)22(15(2)3)24-16(4)23(28)26-21-13-11-20(12-14-21)25-17(5)27/h7-16,22,24H,6H2,1-5H3,(H,25,27)(H,26,28)/p+1/t16-,22-/m1/s1. The Hall–Kier alpha value is -2.66. The molecule has 0 heterocycles. The third-order valence-corrected chi connectivity index (χ3v) is 4.87. The molecule has 0 fully saturated rings. The Labute approximate surface area is 167 Å². The minimum atomic E-state index is -0.228. The summed E-state index contributed by atoms with van der Waals surface area (Å²) in [6, 6.07) is 15.8. The number of hydrogen-bond acceptors (Lipinski definition) is 2. The Morgan fingerprint density at radius 2 is 1.43 bits per heavy atom. The van der Waals surface area contributed by atoms with Crippen molar-refractivity contribution in [1.29, 1.82) is 0 Å². The van der Waals surface area contributed by atoms with Gasteiger partial charge in [0.15, 0.2) is 6.04 Å². The molecule has 2 aromatic carbocycles. The summed E-state index contributed by atoms with van der Waals surface area (Å²) in [5.74, 6) is 0.245. The van der Waals surface area contributed by atoms with Crippen molar-refractivity contribution in [2.24, 2.45) is 5.92 Å². The molecule has 2 rings (SSSR count). The summed E-state index contributed by atoms with van der Waals surface area (Å²) in [7, 11) is 0. The second-order valence-electron chi connectivity index (χ2n) is 7.59. The van der Waals surface area contributed by atoms with Crippen molar-refractivity contribution in [3.63, 3.8) is 0 Å². The van der Waals surface area contributed by atoms with E-state index in [2.05, 4.69) is 61.0 Å². The molecule has 0 aliphatic heterocycles. The third-order valence-electron chi connectivity index (χ3n) is 4.87. The van der Waals surface area contributed by atoms with E-state index in [1.165, 1.54) is 18.1 Å². The highest BCUT2D eigenvalue weighted by molar-refractivity contribution is 5.94. The molecule has 0 radical (unpaired) electrons. The number of amides is 2. The molecule has 0 aromatic heterocycles. The van der Waals surface area contributed by atoms with Crippen molar-refractivity contribution >= 4 is 23.2 Å². The van der Waals surface area contributed by atoms with Crippen LogP contribution in [0.5, 0.6) is 0 Å². The van der Waals surface area contributed by atoms with Crippen LogP contribution in [0.4, 0.5) is 11.4 Å². The summed E-state index contributed by atoms with van der Waals surface area (Å²) in [5.41, 5.74) is 3.99. The van der Waals surface area contributed by atoms with Crippen molar-refractivity contribution in [2.75, 3.05) is 10.6 Å². The number of nitrogens with two attached hydrogens (primary N) is 1. The lowest BCUT2D eigenvalue weighted by Gasteiger charge is -2.23. The summed E-state index contributed by atoms with van der Waals surface area (Å²) < 4.78 is 0. The topological polar surface area (TPSA) is 74.8 Å². The Kier molecular flexibility index (Phi) is 7.76. The van der Waals surface area contributed by atoms with E-state index in [9.17, 15) is 9.59 Å². The summed E-state index contributed by atoms with van der Waals surface area (Å²) in [4.78, 5) is 23.7. The molecular weight excluding hydrogens is 350 g/mol. The number of anilines is 2. The molecule has 2 aromatic rings. The molecule has 0 spiro atoms. The van der Waals surface area contributed by atoms with Crippen LogP contribution in [0.15, 0.2) is 48.5 Å². The Morgan fingerprint density at radius 3 is 1.89 bits per heavy atom. The van der Waals surface area contributed by atoms with Crippen molar-refractivity contribution in [2.45, 2.75) is 53.1 Å². The fraction of sp³-hybridized carbons (Fsp3) is 0.391. The van der Waals surface area contributed by atoms with E-state index < -0.39 is 0 Å². The first-order valence-corrected chi connectivity index (χ1v) is 9.92. The molecule has 2 amide bonds. The van der Waals surface area contributed by atoms with Gasteiger partial charge in [-0.1, -0.05) is 45.0 Å². The Morgan fingerprint density at radius 1 is 0.893 bits per heavy atom. The van der Waals surface area contributed by atoms with Crippen LogP contribution in [0, 0.1) is 5.92 Å². The van der Waals surface area contributed by atoms with Gasteiger partial charge in [-0.05, 0) is 43.2 Å². The van der Waals surface area contributed by atoms with E-state index in [1.54, 1.807) is 24.3 Å². The molecule has 5 heteroatoms. The van der Waals surface area contributed by atoms with Gasteiger partial charge >= 0.3 is 0 Å². The fourth-order valence-electron chi connectivity index (χ4n) is 3.19. The molecule has 28 heavy (non-hydrogen) atoms. The van der Waals surface area contributed by atoms with E-state index in [1.807, 2.05) is 6.92 Å². The maximum absolute atomic E-state index is 12.7. The molecule has 5 nitrogen and oxygen atoms in total. The van der Waals surface area contributed by atoms with E-state index in [-0.39, 0.29) is 23.9 Å². The Bertz CT molecular complexity index is 782. The summed E-state index contributed by atoms with van der Waals surface area (Å²) in [6.07, 6.45) is 1.02. The molecule has 0 unspecified atom stereocenters. The molecule has 150 valence electrons. The fourth-order valence-corrected chi connectivity index (χ4v) is 3.19. The number of quaternary nitrogens is 1. The first kappa shape index (κ1) is 21.6. The molecule has 0 saturated carbocycles. The predicted molar refractivity (Wildman–Crippen MR) is 114 cm³/mol. The summed E-state index contributed by atoms with van der Waals surface area (Å²) in [5, 5.41) is 7.80. The van der Waals surface area contributed by atoms with Gasteiger partial charge in [-0.25, -0.2) is 0 Å². The van der Waals surface area contributed by atoms with E-state index in [0.717, 1.165) is 6.42 Å². The van der Waals surface area contributed by atoms with Crippen molar-refractivity contribution in [3.8, 4) is 0 Å². The number of carbonyl (C=O) groups is 2. The maximum atomic E-state index is 12.7. The van der Waals surface area contributed by atoms with Crippen molar-refractivity contribution in [1.82, 2.24) is 0 Å². The average Bonchev–Trinajstić information content (AvgIpc) is 2.67. The lowest BCUT2D eigenvalue weighted by atomic mass is 9.94. The highest BCUT2D eigenvalue weighted by Crippen LogP contribution is 2.19. The molecular formula is C23H32N3O2+. The largest absolute Gasteiger partial charge is 0.330 e. The number of aryl methyl sites for hydroxylation is 1. The van der Waals surface area contributed by atoms with Crippen molar-refractivity contribution < 1.29 is 14.9 Å². The molecule has 0 aliphatic rings. The minimum Gasteiger partial charge on any atom is -0.330 e. The van der Waals surface area contributed by atoms with Gasteiger partial charge in [-0.15, -0.1) is 0 Å². The highest BCUT2D eigenvalue weighted by Gasteiger charge is 2.25. The number of benzene rings is 2. The van der Waals surface area contributed by atoms with Crippen LogP contribution in [0.1, 0.15) is 51.8 Å². The zero-order valence-electron chi connectivity index (χ0n) is 17.5.